The third-order valence-corrected chi connectivity index (χ3v) is 3.51. The highest BCUT2D eigenvalue weighted by atomic mass is 15.0. The molecule has 1 N–H and O–H groups in total. The van der Waals surface area contributed by atoms with Gasteiger partial charge >= 0.3 is 0 Å². The minimum absolute atomic E-state index is 0.921. The number of aromatic nitrogens is 1. The van der Waals surface area contributed by atoms with Crippen LogP contribution in [0.3, 0.4) is 0 Å². The van der Waals surface area contributed by atoms with Crippen LogP contribution in [0.25, 0.3) is 5.69 Å². The maximum Gasteiger partial charge on any atom is 0.0486 e. The largest absolute Gasteiger partial charge is 0.318 e. The highest BCUT2D eigenvalue weighted by Gasteiger charge is 2.11. The first-order chi connectivity index (χ1) is 8.54. The molecule has 2 heteroatoms. The molecule has 0 aliphatic heterocycles. The van der Waals surface area contributed by atoms with Gasteiger partial charge in [0, 0.05) is 23.6 Å². The van der Waals surface area contributed by atoms with Gasteiger partial charge in [0.25, 0.3) is 0 Å². The summed E-state index contributed by atoms with van der Waals surface area (Å²) in [7, 11) is 1.99. The van der Waals surface area contributed by atoms with Crippen molar-refractivity contribution in [2.24, 2.45) is 0 Å². The molecule has 0 saturated carbocycles. The summed E-state index contributed by atoms with van der Waals surface area (Å²) < 4.78 is 2.36. The molecule has 18 heavy (non-hydrogen) atoms. The van der Waals surface area contributed by atoms with Crippen molar-refractivity contribution >= 4 is 0 Å². The molecule has 0 saturated heterocycles. The summed E-state index contributed by atoms with van der Waals surface area (Å²) in [4.78, 5) is 0. The summed E-state index contributed by atoms with van der Waals surface area (Å²) in [5.41, 5.74) is 7.92. The second-order valence-corrected chi connectivity index (χ2v) is 5.05. The topological polar surface area (TPSA) is 17.0 Å². The number of benzene rings is 1. The number of aryl methyl sites for hydroxylation is 3. The Bertz CT molecular complexity index is 565. The first kappa shape index (κ1) is 12.9. The van der Waals surface area contributed by atoms with Crippen LogP contribution >= 0.6 is 0 Å². The van der Waals surface area contributed by atoms with Crippen LogP contribution in [0, 0.1) is 27.7 Å². The maximum atomic E-state index is 3.23. The van der Waals surface area contributed by atoms with Crippen molar-refractivity contribution in [3.05, 3.63) is 52.3 Å². The first-order valence-corrected chi connectivity index (χ1v) is 6.44. The van der Waals surface area contributed by atoms with Crippen molar-refractivity contribution in [2.75, 3.05) is 7.05 Å². The van der Waals surface area contributed by atoms with E-state index in [0.717, 1.165) is 6.54 Å². The van der Waals surface area contributed by atoms with Crippen LogP contribution in [0.1, 0.15) is 28.1 Å². The van der Waals surface area contributed by atoms with E-state index in [1.807, 2.05) is 7.05 Å². The van der Waals surface area contributed by atoms with Crippen molar-refractivity contribution in [2.45, 2.75) is 34.2 Å². The standard InChI is InChI=1S/C16H22N2/c1-11-6-7-12(2)16(8-11)18-13(3)9-15(10-17-5)14(18)4/h6-9,17H,10H2,1-5H3. The molecule has 0 unspecified atom stereocenters. The van der Waals surface area contributed by atoms with E-state index in [0.29, 0.717) is 0 Å². The van der Waals surface area contributed by atoms with Crippen molar-refractivity contribution in [3.63, 3.8) is 0 Å². The predicted octanol–water partition coefficient (Wildman–Crippen LogP) is 3.43. The lowest BCUT2D eigenvalue weighted by Crippen LogP contribution is -2.07. The van der Waals surface area contributed by atoms with Gasteiger partial charge in [0.2, 0.25) is 0 Å². The number of nitrogens with zero attached hydrogens (tertiary/aromatic N) is 1. The molecular formula is C16H22N2. The van der Waals surface area contributed by atoms with Gasteiger partial charge in [-0.1, -0.05) is 12.1 Å². The lowest BCUT2D eigenvalue weighted by atomic mass is 10.1. The Labute approximate surface area is 110 Å². The van der Waals surface area contributed by atoms with Crippen molar-refractivity contribution in [1.82, 2.24) is 9.88 Å². The van der Waals surface area contributed by atoms with E-state index in [1.165, 1.54) is 33.8 Å². The van der Waals surface area contributed by atoms with Crippen LogP contribution < -0.4 is 5.32 Å². The Kier molecular flexibility index (Phi) is 3.58. The molecule has 0 aliphatic carbocycles. The highest BCUT2D eigenvalue weighted by molar-refractivity contribution is 5.48. The molecule has 1 heterocycles. The zero-order valence-electron chi connectivity index (χ0n) is 12.0. The Balaban J connectivity index is 2.60. The molecule has 96 valence electrons. The lowest BCUT2D eigenvalue weighted by Gasteiger charge is -2.14. The summed E-state index contributed by atoms with van der Waals surface area (Å²) >= 11 is 0. The van der Waals surface area contributed by atoms with Gasteiger partial charge in [-0.05, 0) is 63.6 Å². The summed E-state index contributed by atoms with van der Waals surface area (Å²) in [5, 5.41) is 3.23. The van der Waals surface area contributed by atoms with Crippen LogP contribution in [0.15, 0.2) is 24.3 Å². The van der Waals surface area contributed by atoms with Gasteiger partial charge in [0.05, 0.1) is 0 Å². The van der Waals surface area contributed by atoms with E-state index in [2.05, 4.69) is 61.8 Å². The zero-order chi connectivity index (χ0) is 13.3. The van der Waals surface area contributed by atoms with E-state index in [-0.39, 0.29) is 0 Å². The van der Waals surface area contributed by atoms with Crippen LogP contribution in [-0.2, 0) is 6.54 Å². The van der Waals surface area contributed by atoms with Crippen molar-refractivity contribution < 1.29 is 0 Å². The quantitative estimate of drug-likeness (QED) is 0.872. The fraction of sp³-hybridized carbons (Fsp3) is 0.375. The molecule has 0 atom stereocenters. The zero-order valence-corrected chi connectivity index (χ0v) is 12.0. The molecule has 2 rings (SSSR count). The Morgan fingerprint density at radius 3 is 2.44 bits per heavy atom. The smallest absolute Gasteiger partial charge is 0.0486 e. The molecule has 0 aliphatic rings. The molecular weight excluding hydrogens is 220 g/mol. The molecule has 1 aromatic carbocycles. The van der Waals surface area contributed by atoms with E-state index < -0.39 is 0 Å². The number of nitrogens with one attached hydrogen (secondary N) is 1. The SMILES string of the molecule is CNCc1cc(C)n(-c2cc(C)ccc2C)c1C. The van der Waals surface area contributed by atoms with Gasteiger partial charge in [0.15, 0.2) is 0 Å². The van der Waals surface area contributed by atoms with Crippen LogP contribution in [0.4, 0.5) is 0 Å². The minimum Gasteiger partial charge on any atom is -0.318 e. The third-order valence-electron chi connectivity index (χ3n) is 3.51. The van der Waals surface area contributed by atoms with Gasteiger partial charge in [-0.3, -0.25) is 0 Å². The molecule has 0 radical (unpaired) electrons. The second kappa shape index (κ2) is 4.99. The first-order valence-electron chi connectivity index (χ1n) is 6.44. The summed E-state index contributed by atoms with van der Waals surface area (Å²) in [6.45, 7) is 9.61. The highest BCUT2D eigenvalue weighted by Crippen LogP contribution is 2.24. The Hall–Kier alpha value is -1.54. The maximum absolute atomic E-state index is 3.23. The van der Waals surface area contributed by atoms with Crippen molar-refractivity contribution in [3.8, 4) is 5.69 Å². The Morgan fingerprint density at radius 2 is 1.78 bits per heavy atom. The van der Waals surface area contributed by atoms with Crippen LogP contribution in [-0.4, -0.2) is 11.6 Å². The molecule has 0 bridgehead atoms. The number of hydrogen-bond acceptors (Lipinski definition) is 1. The fourth-order valence-corrected chi connectivity index (χ4v) is 2.53. The van der Waals surface area contributed by atoms with Gasteiger partial charge in [-0.25, -0.2) is 0 Å². The van der Waals surface area contributed by atoms with E-state index in [4.69, 9.17) is 0 Å². The van der Waals surface area contributed by atoms with Gasteiger partial charge < -0.3 is 9.88 Å². The Morgan fingerprint density at radius 1 is 1.06 bits per heavy atom. The molecule has 2 nitrogen and oxygen atoms in total. The van der Waals surface area contributed by atoms with E-state index in [9.17, 15) is 0 Å². The van der Waals surface area contributed by atoms with E-state index in [1.54, 1.807) is 0 Å². The average Bonchev–Trinajstić information content (AvgIpc) is 2.59. The molecule has 0 spiro atoms. The molecule has 2 aromatic rings. The molecule has 0 amide bonds. The monoisotopic (exact) mass is 242 g/mol. The van der Waals surface area contributed by atoms with E-state index >= 15 is 0 Å². The van der Waals surface area contributed by atoms with Crippen LogP contribution in [0.2, 0.25) is 0 Å². The summed E-state index contributed by atoms with van der Waals surface area (Å²) in [6, 6.07) is 8.90. The molecule has 0 fully saturated rings. The second-order valence-electron chi connectivity index (χ2n) is 5.05. The van der Waals surface area contributed by atoms with Crippen LogP contribution in [0.5, 0.6) is 0 Å². The lowest BCUT2D eigenvalue weighted by molar-refractivity contribution is 0.806. The number of rotatable bonds is 3. The van der Waals surface area contributed by atoms with Gasteiger partial charge in [0.1, 0.15) is 0 Å². The summed E-state index contributed by atoms with van der Waals surface area (Å²) in [5.74, 6) is 0. The predicted molar refractivity (Wildman–Crippen MR) is 77.5 cm³/mol. The number of hydrogen-bond donors (Lipinski definition) is 1. The third kappa shape index (κ3) is 2.21. The normalized spacial score (nSPS) is 10.9. The summed E-state index contributed by atoms with van der Waals surface area (Å²) in [6.07, 6.45) is 0. The average molecular weight is 242 g/mol. The van der Waals surface area contributed by atoms with Crippen molar-refractivity contribution in [1.29, 1.82) is 0 Å². The minimum atomic E-state index is 0.921. The van der Waals surface area contributed by atoms with Gasteiger partial charge in [-0.15, -0.1) is 0 Å². The fourth-order valence-electron chi connectivity index (χ4n) is 2.53. The van der Waals surface area contributed by atoms with Gasteiger partial charge in [-0.2, -0.15) is 0 Å². The molecule has 1 aromatic heterocycles.